The van der Waals surface area contributed by atoms with E-state index in [1.165, 1.54) is 0 Å². The maximum atomic E-state index is 11.4. The Labute approximate surface area is 131 Å². The van der Waals surface area contributed by atoms with Crippen LogP contribution in [-0.2, 0) is 5.60 Å². The summed E-state index contributed by atoms with van der Waals surface area (Å²) in [5, 5.41) is 13.7. The minimum Gasteiger partial charge on any atom is -0.384 e. The Bertz CT molecular complexity index is 933. The number of amidine groups is 1. The van der Waals surface area contributed by atoms with Gasteiger partial charge < -0.3 is 10.8 Å². The second-order valence-corrected chi connectivity index (χ2v) is 5.71. The van der Waals surface area contributed by atoms with E-state index in [9.17, 15) is 5.11 Å². The zero-order valence-electron chi connectivity index (χ0n) is 11.5. The van der Waals surface area contributed by atoms with Crippen LogP contribution in [0.2, 0.25) is 5.02 Å². The van der Waals surface area contributed by atoms with E-state index in [1.54, 1.807) is 30.6 Å². The Morgan fingerprint density at radius 1 is 1.09 bits per heavy atom. The lowest BCUT2D eigenvalue weighted by atomic mass is 9.84. The number of aliphatic hydroxyl groups is 1. The van der Waals surface area contributed by atoms with Crippen molar-refractivity contribution in [3.05, 3.63) is 71.0 Å². The van der Waals surface area contributed by atoms with E-state index in [1.807, 2.05) is 24.3 Å². The molecule has 4 rings (SSSR count). The third-order valence-electron chi connectivity index (χ3n) is 4.03. The molecule has 0 radical (unpaired) electrons. The van der Waals surface area contributed by atoms with Crippen LogP contribution in [0.25, 0.3) is 10.8 Å². The van der Waals surface area contributed by atoms with Crippen molar-refractivity contribution in [3.8, 4) is 0 Å². The van der Waals surface area contributed by atoms with Crippen LogP contribution in [-0.4, -0.2) is 15.9 Å². The molecular formula is C17H12ClN3O. The molecule has 22 heavy (non-hydrogen) atoms. The van der Waals surface area contributed by atoms with Crippen molar-refractivity contribution in [2.24, 2.45) is 10.7 Å². The Hall–Kier alpha value is -2.43. The van der Waals surface area contributed by atoms with Gasteiger partial charge in [0.05, 0.1) is 5.69 Å². The van der Waals surface area contributed by atoms with Gasteiger partial charge in [-0.2, -0.15) is 0 Å². The summed E-state index contributed by atoms with van der Waals surface area (Å²) in [6.45, 7) is 0. The summed E-state index contributed by atoms with van der Waals surface area (Å²) in [6, 6.07) is 12.7. The lowest BCUT2D eigenvalue weighted by molar-refractivity contribution is 0.160. The van der Waals surface area contributed by atoms with Crippen LogP contribution in [0.4, 0.5) is 5.69 Å². The maximum absolute atomic E-state index is 11.4. The van der Waals surface area contributed by atoms with Crippen LogP contribution in [0.5, 0.6) is 0 Å². The molecule has 1 aliphatic rings. The van der Waals surface area contributed by atoms with Crippen molar-refractivity contribution in [1.29, 1.82) is 0 Å². The SMILES string of the molecule is NC1=Nc2ccc(Cl)cc2C1(O)c1cccc2cnccc12. The number of nitrogens with zero attached hydrogens (tertiary/aromatic N) is 2. The number of aromatic nitrogens is 1. The molecule has 0 bridgehead atoms. The van der Waals surface area contributed by atoms with E-state index in [-0.39, 0.29) is 5.84 Å². The highest BCUT2D eigenvalue weighted by Gasteiger charge is 2.43. The Morgan fingerprint density at radius 2 is 1.95 bits per heavy atom. The van der Waals surface area contributed by atoms with Gasteiger partial charge in [-0.25, -0.2) is 4.99 Å². The molecule has 2 aromatic carbocycles. The molecule has 1 aromatic heterocycles. The summed E-state index contributed by atoms with van der Waals surface area (Å²) in [4.78, 5) is 8.42. The van der Waals surface area contributed by atoms with Crippen molar-refractivity contribution in [2.75, 3.05) is 0 Å². The Balaban J connectivity index is 2.07. The standard InChI is InChI=1S/C17H12ClN3O/c18-11-4-5-15-14(8-11)17(22,16(19)21-15)13-3-1-2-10-9-20-7-6-12(10)13/h1-9,22H,(H2,19,21). The first-order valence-corrected chi connectivity index (χ1v) is 7.19. The molecule has 0 amide bonds. The summed E-state index contributed by atoms with van der Waals surface area (Å²) in [7, 11) is 0. The lowest BCUT2D eigenvalue weighted by Gasteiger charge is -2.26. The monoisotopic (exact) mass is 309 g/mol. The molecule has 0 fully saturated rings. The largest absolute Gasteiger partial charge is 0.384 e. The second-order valence-electron chi connectivity index (χ2n) is 5.27. The molecule has 1 unspecified atom stereocenters. The van der Waals surface area contributed by atoms with E-state index < -0.39 is 5.60 Å². The van der Waals surface area contributed by atoms with Crippen LogP contribution in [0, 0.1) is 0 Å². The summed E-state index contributed by atoms with van der Waals surface area (Å²) in [5.74, 6) is 0.147. The van der Waals surface area contributed by atoms with Crippen LogP contribution >= 0.6 is 11.6 Å². The first-order chi connectivity index (χ1) is 10.6. The lowest BCUT2D eigenvalue weighted by Crippen LogP contribution is -2.39. The quantitative estimate of drug-likeness (QED) is 0.725. The Morgan fingerprint density at radius 3 is 2.82 bits per heavy atom. The smallest absolute Gasteiger partial charge is 0.175 e. The van der Waals surface area contributed by atoms with Crippen molar-refractivity contribution in [1.82, 2.24) is 4.98 Å². The van der Waals surface area contributed by atoms with E-state index >= 15 is 0 Å². The van der Waals surface area contributed by atoms with Gasteiger partial charge in [0.25, 0.3) is 0 Å². The molecule has 0 spiro atoms. The normalized spacial score (nSPS) is 20.0. The highest BCUT2D eigenvalue weighted by molar-refractivity contribution is 6.30. The van der Waals surface area contributed by atoms with Crippen LogP contribution in [0.3, 0.4) is 0 Å². The predicted molar refractivity (Wildman–Crippen MR) is 87.5 cm³/mol. The maximum Gasteiger partial charge on any atom is 0.175 e. The number of halogens is 1. The van der Waals surface area contributed by atoms with Crippen molar-refractivity contribution in [2.45, 2.75) is 5.60 Å². The molecule has 1 aliphatic heterocycles. The summed E-state index contributed by atoms with van der Waals surface area (Å²) in [5.41, 5.74) is 6.50. The third-order valence-corrected chi connectivity index (χ3v) is 4.27. The number of aliphatic imine (C=N–C) groups is 1. The second kappa shape index (κ2) is 4.53. The minimum absolute atomic E-state index is 0.147. The fraction of sp³-hybridized carbons (Fsp3) is 0.0588. The molecule has 0 saturated carbocycles. The molecule has 2 heterocycles. The van der Waals surface area contributed by atoms with Crippen LogP contribution in [0.15, 0.2) is 59.9 Å². The fourth-order valence-corrected chi connectivity index (χ4v) is 3.14. The fourth-order valence-electron chi connectivity index (χ4n) is 2.97. The van der Waals surface area contributed by atoms with Gasteiger partial charge in [0.2, 0.25) is 0 Å². The van der Waals surface area contributed by atoms with E-state index in [0.717, 1.165) is 10.8 Å². The molecule has 5 heteroatoms. The number of hydrogen-bond acceptors (Lipinski definition) is 4. The Kier molecular flexibility index (Phi) is 2.73. The van der Waals surface area contributed by atoms with Crippen LogP contribution in [0.1, 0.15) is 11.1 Å². The number of nitrogens with two attached hydrogens (primary N) is 1. The van der Waals surface area contributed by atoms with E-state index in [4.69, 9.17) is 17.3 Å². The molecule has 3 N–H and O–H groups in total. The van der Waals surface area contributed by atoms with Gasteiger partial charge in [0.15, 0.2) is 5.60 Å². The average molecular weight is 310 g/mol. The summed E-state index contributed by atoms with van der Waals surface area (Å²) in [6.07, 6.45) is 3.44. The number of benzene rings is 2. The van der Waals surface area contributed by atoms with Gasteiger partial charge in [0, 0.05) is 33.9 Å². The number of hydrogen-bond donors (Lipinski definition) is 2. The zero-order chi connectivity index (χ0) is 15.3. The highest BCUT2D eigenvalue weighted by Crippen LogP contribution is 2.44. The van der Waals surface area contributed by atoms with Crippen molar-refractivity contribution < 1.29 is 5.11 Å². The topological polar surface area (TPSA) is 71.5 Å². The zero-order valence-corrected chi connectivity index (χ0v) is 12.2. The first kappa shape index (κ1) is 13.2. The van der Waals surface area contributed by atoms with E-state index in [2.05, 4.69) is 9.98 Å². The van der Waals surface area contributed by atoms with Crippen molar-refractivity contribution in [3.63, 3.8) is 0 Å². The molecule has 4 nitrogen and oxygen atoms in total. The third kappa shape index (κ3) is 1.68. The van der Waals surface area contributed by atoms with E-state index in [0.29, 0.717) is 21.8 Å². The van der Waals surface area contributed by atoms with Crippen LogP contribution < -0.4 is 5.73 Å². The van der Waals surface area contributed by atoms with Gasteiger partial charge in [0.1, 0.15) is 5.84 Å². The average Bonchev–Trinajstić information content (AvgIpc) is 2.79. The van der Waals surface area contributed by atoms with Crippen molar-refractivity contribution >= 4 is 33.9 Å². The summed E-state index contributed by atoms with van der Waals surface area (Å²) >= 11 is 6.09. The van der Waals surface area contributed by atoms with Gasteiger partial charge in [-0.1, -0.05) is 29.8 Å². The van der Waals surface area contributed by atoms with Gasteiger partial charge in [-0.3, -0.25) is 4.98 Å². The molecule has 1 atom stereocenters. The molecule has 0 aliphatic carbocycles. The number of pyridine rings is 1. The summed E-state index contributed by atoms with van der Waals surface area (Å²) < 4.78 is 0. The predicted octanol–water partition coefficient (Wildman–Crippen LogP) is 3.13. The number of fused-ring (bicyclic) bond motifs is 2. The number of rotatable bonds is 1. The first-order valence-electron chi connectivity index (χ1n) is 6.81. The molecule has 3 aromatic rings. The molecular weight excluding hydrogens is 298 g/mol. The molecule has 108 valence electrons. The highest BCUT2D eigenvalue weighted by atomic mass is 35.5. The molecule has 0 saturated heterocycles. The minimum atomic E-state index is -1.49. The van der Waals surface area contributed by atoms with Gasteiger partial charge in [-0.05, 0) is 29.7 Å². The van der Waals surface area contributed by atoms with Gasteiger partial charge >= 0.3 is 0 Å². The van der Waals surface area contributed by atoms with Gasteiger partial charge in [-0.15, -0.1) is 0 Å².